The first kappa shape index (κ1) is 18.3. The average Bonchev–Trinajstić information content (AvgIpc) is 3.11. The van der Waals surface area contributed by atoms with Crippen LogP contribution in [0.3, 0.4) is 0 Å². The molecule has 0 fully saturated rings. The van der Waals surface area contributed by atoms with E-state index >= 15 is 0 Å². The van der Waals surface area contributed by atoms with E-state index in [0.717, 1.165) is 22.8 Å². The van der Waals surface area contributed by atoms with E-state index in [1.54, 1.807) is 12.1 Å². The number of hydrogen-bond donors (Lipinski definition) is 2. The minimum absolute atomic E-state index is 0.291. The van der Waals surface area contributed by atoms with Crippen molar-refractivity contribution in [2.75, 3.05) is 5.32 Å². The quantitative estimate of drug-likeness (QED) is 0.385. The molecule has 1 amide bonds. The summed E-state index contributed by atoms with van der Waals surface area (Å²) < 4.78 is 13.8. The zero-order chi connectivity index (χ0) is 20.8. The molecule has 2 N–H and O–H groups in total. The number of aromatic nitrogens is 2. The fourth-order valence-corrected chi connectivity index (χ4v) is 4.08. The molecule has 5 heteroatoms. The van der Waals surface area contributed by atoms with Gasteiger partial charge in [0.05, 0.1) is 11.1 Å². The first-order valence-electron chi connectivity index (χ1n) is 9.95. The summed E-state index contributed by atoms with van der Waals surface area (Å²) >= 11 is 0. The summed E-state index contributed by atoms with van der Waals surface area (Å²) in [4.78, 5) is 20.9. The summed E-state index contributed by atoms with van der Waals surface area (Å²) in [7, 11) is 0. The van der Waals surface area contributed by atoms with Crippen molar-refractivity contribution in [3.63, 3.8) is 0 Å². The molecule has 3 aromatic carbocycles. The van der Waals surface area contributed by atoms with Gasteiger partial charge in [0.1, 0.15) is 5.82 Å². The SMILES string of the molecule is CCc1cccc2c1[nH]c1cc(NC(=O)c3cc(C)nc4ccc(F)cc34)ccc12. The lowest BCUT2D eigenvalue weighted by molar-refractivity contribution is 0.102. The number of carbonyl (C=O) groups is 1. The van der Waals surface area contributed by atoms with E-state index in [4.69, 9.17) is 0 Å². The van der Waals surface area contributed by atoms with Crippen LogP contribution in [0.5, 0.6) is 0 Å². The molecular weight excluding hydrogens is 377 g/mol. The smallest absolute Gasteiger partial charge is 0.256 e. The van der Waals surface area contributed by atoms with E-state index < -0.39 is 5.82 Å². The molecule has 0 saturated heterocycles. The predicted octanol–water partition coefficient (Wildman–Crippen LogP) is 6.13. The van der Waals surface area contributed by atoms with E-state index in [9.17, 15) is 9.18 Å². The van der Waals surface area contributed by atoms with Gasteiger partial charge in [-0.2, -0.15) is 0 Å². The Morgan fingerprint density at radius 1 is 1.03 bits per heavy atom. The fourth-order valence-electron chi connectivity index (χ4n) is 4.08. The third kappa shape index (κ3) is 2.99. The summed E-state index contributed by atoms with van der Waals surface area (Å²) in [5, 5.41) is 5.74. The number of benzene rings is 3. The Morgan fingerprint density at radius 3 is 2.73 bits per heavy atom. The van der Waals surface area contributed by atoms with E-state index in [1.165, 1.54) is 23.1 Å². The van der Waals surface area contributed by atoms with Crippen LogP contribution >= 0.6 is 0 Å². The Kier molecular flexibility index (Phi) is 4.24. The lowest BCUT2D eigenvalue weighted by Gasteiger charge is -2.09. The highest BCUT2D eigenvalue weighted by Crippen LogP contribution is 2.30. The number of aromatic amines is 1. The highest BCUT2D eigenvalue weighted by molar-refractivity contribution is 6.14. The van der Waals surface area contributed by atoms with Crippen molar-refractivity contribution in [2.24, 2.45) is 0 Å². The number of H-pyrrole nitrogens is 1. The number of rotatable bonds is 3. The normalized spacial score (nSPS) is 11.4. The van der Waals surface area contributed by atoms with Crippen molar-refractivity contribution in [1.29, 1.82) is 0 Å². The molecule has 0 unspecified atom stereocenters. The van der Waals surface area contributed by atoms with Crippen molar-refractivity contribution in [3.8, 4) is 0 Å². The monoisotopic (exact) mass is 397 g/mol. The zero-order valence-corrected chi connectivity index (χ0v) is 16.7. The van der Waals surface area contributed by atoms with Crippen molar-refractivity contribution < 1.29 is 9.18 Å². The molecule has 2 aromatic heterocycles. The van der Waals surface area contributed by atoms with Gasteiger partial charge in [-0.05, 0) is 55.3 Å². The molecule has 5 aromatic rings. The molecule has 5 rings (SSSR count). The molecular formula is C25H20FN3O. The zero-order valence-electron chi connectivity index (χ0n) is 16.7. The summed E-state index contributed by atoms with van der Waals surface area (Å²) in [6.45, 7) is 3.96. The van der Waals surface area contributed by atoms with Crippen molar-refractivity contribution in [3.05, 3.63) is 83.3 Å². The molecule has 0 radical (unpaired) electrons. The number of carbonyl (C=O) groups excluding carboxylic acids is 1. The van der Waals surface area contributed by atoms with Gasteiger partial charge in [0, 0.05) is 38.6 Å². The van der Waals surface area contributed by atoms with Crippen molar-refractivity contribution >= 4 is 44.3 Å². The number of anilines is 1. The molecule has 0 aliphatic rings. The van der Waals surface area contributed by atoms with Gasteiger partial charge in [-0.15, -0.1) is 0 Å². The molecule has 0 spiro atoms. The Labute approximate surface area is 172 Å². The maximum Gasteiger partial charge on any atom is 0.256 e. The summed E-state index contributed by atoms with van der Waals surface area (Å²) in [5.41, 5.74) is 5.74. The van der Waals surface area contributed by atoms with Gasteiger partial charge in [-0.1, -0.05) is 31.2 Å². The van der Waals surface area contributed by atoms with Crippen LogP contribution in [-0.4, -0.2) is 15.9 Å². The predicted molar refractivity (Wildman–Crippen MR) is 120 cm³/mol. The third-order valence-corrected chi connectivity index (χ3v) is 5.50. The standard InChI is InChI=1S/C25H20FN3O/c1-3-15-5-4-6-19-18-9-8-17(13-23(18)29-24(15)19)28-25(30)21-11-14(2)27-22-10-7-16(26)12-20(21)22/h4-13,29H,3H2,1-2H3,(H,28,30). The molecule has 0 aliphatic heterocycles. The summed E-state index contributed by atoms with van der Waals surface area (Å²) in [5.74, 6) is -0.686. The minimum Gasteiger partial charge on any atom is -0.354 e. The summed E-state index contributed by atoms with van der Waals surface area (Å²) in [6.07, 6.45) is 0.943. The number of nitrogens with one attached hydrogen (secondary N) is 2. The molecule has 0 saturated carbocycles. The topological polar surface area (TPSA) is 57.8 Å². The number of pyridine rings is 1. The summed E-state index contributed by atoms with van der Waals surface area (Å²) in [6, 6.07) is 18.1. The second kappa shape index (κ2) is 6.95. The molecule has 30 heavy (non-hydrogen) atoms. The molecule has 148 valence electrons. The lowest BCUT2D eigenvalue weighted by Crippen LogP contribution is -2.13. The van der Waals surface area contributed by atoms with Crippen LogP contribution in [0, 0.1) is 12.7 Å². The van der Waals surface area contributed by atoms with Crippen LogP contribution in [0.2, 0.25) is 0 Å². The molecule has 0 aliphatic carbocycles. The molecule has 4 nitrogen and oxygen atoms in total. The van der Waals surface area contributed by atoms with E-state index in [1.807, 2.05) is 25.1 Å². The number of aryl methyl sites for hydroxylation is 2. The van der Waals surface area contributed by atoms with Crippen molar-refractivity contribution in [1.82, 2.24) is 9.97 Å². The van der Waals surface area contributed by atoms with Crippen LogP contribution in [0.4, 0.5) is 10.1 Å². The minimum atomic E-state index is -0.395. The van der Waals surface area contributed by atoms with E-state index in [-0.39, 0.29) is 5.91 Å². The maximum atomic E-state index is 13.8. The maximum absolute atomic E-state index is 13.8. The average molecular weight is 397 g/mol. The Balaban J connectivity index is 1.56. The number of halogens is 1. The fraction of sp³-hybridized carbons (Fsp3) is 0.120. The molecule has 0 bridgehead atoms. The molecule has 2 heterocycles. The third-order valence-electron chi connectivity index (χ3n) is 5.50. The number of hydrogen-bond acceptors (Lipinski definition) is 2. The van der Waals surface area contributed by atoms with E-state index in [2.05, 4.69) is 40.4 Å². The Bertz CT molecular complexity index is 1450. The van der Waals surface area contributed by atoms with E-state index in [0.29, 0.717) is 27.8 Å². The number of nitrogens with zero attached hydrogens (tertiary/aromatic N) is 1. The van der Waals surface area contributed by atoms with Crippen LogP contribution in [0.1, 0.15) is 28.5 Å². The van der Waals surface area contributed by atoms with Gasteiger partial charge in [0.2, 0.25) is 0 Å². The Hall–Kier alpha value is -3.73. The first-order valence-corrected chi connectivity index (χ1v) is 9.95. The first-order chi connectivity index (χ1) is 14.5. The van der Waals surface area contributed by atoms with Gasteiger partial charge >= 0.3 is 0 Å². The second-order valence-electron chi connectivity index (χ2n) is 7.51. The van der Waals surface area contributed by atoms with Crippen molar-refractivity contribution in [2.45, 2.75) is 20.3 Å². The van der Waals surface area contributed by atoms with Gasteiger partial charge in [0.15, 0.2) is 0 Å². The van der Waals surface area contributed by atoms with Crippen LogP contribution in [-0.2, 0) is 6.42 Å². The highest BCUT2D eigenvalue weighted by atomic mass is 19.1. The Morgan fingerprint density at radius 2 is 1.90 bits per heavy atom. The lowest BCUT2D eigenvalue weighted by atomic mass is 10.1. The number of para-hydroxylation sites is 1. The molecule has 0 atom stereocenters. The van der Waals surface area contributed by atoms with Gasteiger partial charge < -0.3 is 10.3 Å². The van der Waals surface area contributed by atoms with Gasteiger partial charge in [-0.25, -0.2) is 4.39 Å². The van der Waals surface area contributed by atoms with Crippen LogP contribution in [0.15, 0.2) is 60.7 Å². The largest absolute Gasteiger partial charge is 0.354 e. The van der Waals surface area contributed by atoms with Gasteiger partial charge in [0.25, 0.3) is 5.91 Å². The number of fused-ring (bicyclic) bond motifs is 4. The van der Waals surface area contributed by atoms with Gasteiger partial charge in [-0.3, -0.25) is 9.78 Å². The van der Waals surface area contributed by atoms with Crippen LogP contribution < -0.4 is 5.32 Å². The second-order valence-corrected chi connectivity index (χ2v) is 7.51. The highest BCUT2D eigenvalue weighted by Gasteiger charge is 2.14. The van der Waals surface area contributed by atoms with Crippen LogP contribution in [0.25, 0.3) is 32.7 Å². The number of amides is 1.